The van der Waals surface area contributed by atoms with E-state index >= 15 is 0 Å². The average Bonchev–Trinajstić information content (AvgIpc) is 3.42. The molecule has 2 aliphatic rings. The SMILES string of the molecule is COCCNS(=O)(=O)C1CCC(C2=C(C(=O)O)C(c3ccc(F)c(F)c3Cl)N=C(c3nccs3)N2)CC1. The maximum atomic E-state index is 14.3. The molecule has 2 heterocycles. The molecule has 4 rings (SSSR count). The van der Waals surface area contributed by atoms with Crippen LogP contribution in [0.1, 0.15) is 42.3 Å². The number of nitrogens with zero attached hydrogens (tertiary/aromatic N) is 2. The molecule has 1 unspecified atom stereocenters. The van der Waals surface area contributed by atoms with Crippen LogP contribution in [0.15, 0.2) is 40.0 Å². The van der Waals surface area contributed by atoms with E-state index in [1.54, 1.807) is 11.6 Å². The molecule has 0 spiro atoms. The summed E-state index contributed by atoms with van der Waals surface area (Å²) in [5.41, 5.74) is 0.184. The first-order valence-electron chi connectivity index (χ1n) is 11.5. The van der Waals surface area contributed by atoms with Gasteiger partial charge in [-0.2, -0.15) is 0 Å². The summed E-state index contributed by atoms with van der Waals surface area (Å²) in [5, 5.41) is 14.3. The molecular formula is C23H25ClF2N4O5S2. The second-order valence-electron chi connectivity index (χ2n) is 8.65. The average molecular weight is 575 g/mol. The van der Waals surface area contributed by atoms with Crippen molar-refractivity contribution in [3.8, 4) is 0 Å². The Morgan fingerprint density at radius 3 is 2.65 bits per heavy atom. The lowest BCUT2D eigenvalue weighted by Crippen LogP contribution is -2.41. The Hall–Kier alpha value is -2.45. The van der Waals surface area contributed by atoms with Gasteiger partial charge in [-0.3, -0.25) is 4.99 Å². The van der Waals surface area contributed by atoms with Crippen molar-refractivity contribution >= 4 is 44.8 Å². The Balaban J connectivity index is 1.69. The Labute approximate surface area is 221 Å². The number of hydrogen-bond acceptors (Lipinski definition) is 8. The number of sulfonamides is 1. The highest BCUT2D eigenvalue weighted by molar-refractivity contribution is 7.90. The summed E-state index contributed by atoms with van der Waals surface area (Å²) < 4.78 is 60.9. The molecule has 0 amide bonds. The number of halogens is 3. The number of nitrogens with one attached hydrogen (secondary N) is 2. The van der Waals surface area contributed by atoms with Gasteiger partial charge >= 0.3 is 5.97 Å². The van der Waals surface area contributed by atoms with E-state index in [1.807, 2.05) is 0 Å². The standard InChI is InChI=1S/C23H25ClF2N4O5S2/c1-35-10-8-28-37(33,34)13-4-2-12(3-5-13)19-16(23(31)32)20(14-6-7-15(25)18(26)17(14)24)30-21(29-19)22-27-9-11-36-22/h6-7,9,11-13,20,28H,2-5,8,10H2,1H3,(H,29,30)(H,31,32). The minimum atomic E-state index is -3.56. The van der Waals surface area contributed by atoms with E-state index in [0.717, 1.165) is 6.07 Å². The second kappa shape index (κ2) is 11.5. The lowest BCUT2D eigenvalue weighted by molar-refractivity contribution is -0.133. The summed E-state index contributed by atoms with van der Waals surface area (Å²) >= 11 is 7.38. The highest BCUT2D eigenvalue weighted by Gasteiger charge is 2.39. The number of rotatable bonds is 9. The van der Waals surface area contributed by atoms with Crippen LogP contribution in [0.3, 0.4) is 0 Å². The molecule has 1 aromatic heterocycles. The highest BCUT2D eigenvalue weighted by atomic mass is 35.5. The first kappa shape index (κ1) is 27.6. The van der Waals surface area contributed by atoms with E-state index in [4.69, 9.17) is 16.3 Å². The predicted molar refractivity (Wildman–Crippen MR) is 135 cm³/mol. The van der Waals surface area contributed by atoms with Crippen molar-refractivity contribution in [3.63, 3.8) is 0 Å². The van der Waals surface area contributed by atoms with Crippen molar-refractivity contribution in [2.24, 2.45) is 10.9 Å². The van der Waals surface area contributed by atoms with Gasteiger partial charge in [-0.1, -0.05) is 17.7 Å². The van der Waals surface area contributed by atoms with Crippen molar-refractivity contribution in [3.05, 3.63) is 62.2 Å². The zero-order valence-corrected chi connectivity index (χ0v) is 22.1. The molecule has 1 saturated carbocycles. The van der Waals surface area contributed by atoms with Crippen LogP contribution in [-0.4, -0.2) is 55.8 Å². The monoisotopic (exact) mass is 574 g/mol. The van der Waals surface area contributed by atoms with E-state index in [9.17, 15) is 27.1 Å². The van der Waals surface area contributed by atoms with Crippen LogP contribution in [0.5, 0.6) is 0 Å². The zero-order chi connectivity index (χ0) is 26.7. The molecule has 1 aliphatic carbocycles. The molecule has 9 nitrogen and oxygen atoms in total. The fourth-order valence-electron chi connectivity index (χ4n) is 4.61. The third kappa shape index (κ3) is 5.85. The number of ether oxygens (including phenoxy) is 1. The number of methoxy groups -OCH3 is 1. The van der Waals surface area contributed by atoms with Crippen LogP contribution in [0.2, 0.25) is 5.02 Å². The number of carboxylic acid groups (broad SMARTS) is 1. The van der Waals surface area contributed by atoms with E-state index in [0.29, 0.717) is 36.4 Å². The minimum Gasteiger partial charge on any atom is -0.478 e. The van der Waals surface area contributed by atoms with Crippen LogP contribution in [0.4, 0.5) is 8.78 Å². The van der Waals surface area contributed by atoms with Crippen LogP contribution in [-0.2, 0) is 19.6 Å². The number of hydrogen-bond donors (Lipinski definition) is 3. The van der Waals surface area contributed by atoms with Crippen molar-refractivity contribution < 1.29 is 31.8 Å². The van der Waals surface area contributed by atoms with Crippen LogP contribution >= 0.6 is 22.9 Å². The fourth-order valence-corrected chi connectivity index (χ4v) is 6.95. The topological polar surface area (TPSA) is 130 Å². The van der Waals surface area contributed by atoms with E-state index in [-0.39, 0.29) is 36.0 Å². The summed E-state index contributed by atoms with van der Waals surface area (Å²) in [7, 11) is -2.08. The van der Waals surface area contributed by atoms with Crippen LogP contribution < -0.4 is 10.0 Å². The molecule has 0 radical (unpaired) electrons. The molecule has 1 fully saturated rings. The van der Waals surface area contributed by atoms with Gasteiger partial charge in [0.25, 0.3) is 0 Å². The molecule has 0 bridgehead atoms. The van der Waals surface area contributed by atoms with Crippen molar-refractivity contribution in [1.82, 2.24) is 15.0 Å². The van der Waals surface area contributed by atoms with Crippen molar-refractivity contribution in [2.45, 2.75) is 37.0 Å². The number of thiazole rings is 1. The van der Waals surface area contributed by atoms with Crippen molar-refractivity contribution in [2.75, 3.05) is 20.3 Å². The Bertz CT molecular complexity index is 1330. The number of aliphatic carboxylic acids is 1. The summed E-state index contributed by atoms with van der Waals surface area (Å²) in [5.74, 6) is -3.82. The molecule has 3 N–H and O–H groups in total. The van der Waals surface area contributed by atoms with Gasteiger partial charge in [0.2, 0.25) is 10.0 Å². The lowest BCUT2D eigenvalue weighted by Gasteiger charge is -2.34. The number of carboxylic acids is 1. The summed E-state index contributed by atoms with van der Waals surface area (Å²) in [4.78, 5) is 21.2. The summed E-state index contributed by atoms with van der Waals surface area (Å²) in [6.45, 7) is 0.416. The molecule has 14 heteroatoms. The maximum absolute atomic E-state index is 14.3. The molecular weight excluding hydrogens is 550 g/mol. The Morgan fingerprint density at radius 2 is 2.03 bits per heavy atom. The zero-order valence-electron chi connectivity index (χ0n) is 19.7. The predicted octanol–water partition coefficient (Wildman–Crippen LogP) is 3.63. The van der Waals surface area contributed by atoms with Gasteiger partial charge in [0.1, 0.15) is 6.04 Å². The van der Waals surface area contributed by atoms with Crippen LogP contribution in [0.25, 0.3) is 0 Å². The van der Waals surface area contributed by atoms with Crippen molar-refractivity contribution in [1.29, 1.82) is 0 Å². The molecule has 2 aromatic rings. The minimum absolute atomic E-state index is 0.00429. The van der Waals surface area contributed by atoms with Gasteiger partial charge in [-0.25, -0.2) is 31.7 Å². The summed E-state index contributed by atoms with van der Waals surface area (Å²) in [6, 6.07) is 0.866. The molecule has 37 heavy (non-hydrogen) atoms. The van der Waals surface area contributed by atoms with Gasteiger partial charge in [0.15, 0.2) is 22.5 Å². The Kier molecular flexibility index (Phi) is 8.59. The number of aliphatic imine (C=N–C) groups is 1. The van der Waals surface area contributed by atoms with Gasteiger partial charge < -0.3 is 15.2 Å². The quantitative estimate of drug-likeness (QED) is 0.308. The number of benzene rings is 1. The highest BCUT2D eigenvalue weighted by Crippen LogP contribution is 2.42. The van der Waals surface area contributed by atoms with E-state index in [1.165, 1.54) is 24.5 Å². The third-order valence-corrected chi connectivity index (χ3v) is 9.55. The normalized spacial score (nSPS) is 22.5. The largest absolute Gasteiger partial charge is 0.478 e. The number of amidine groups is 1. The van der Waals surface area contributed by atoms with Gasteiger partial charge in [-0.15, -0.1) is 11.3 Å². The Morgan fingerprint density at radius 1 is 1.30 bits per heavy atom. The van der Waals surface area contributed by atoms with Gasteiger partial charge in [0.05, 0.1) is 22.5 Å². The molecule has 1 aromatic carbocycles. The molecule has 0 saturated heterocycles. The molecule has 200 valence electrons. The fraction of sp³-hybridized carbons (Fsp3) is 0.435. The lowest BCUT2D eigenvalue weighted by atomic mass is 9.82. The van der Waals surface area contributed by atoms with Crippen LogP contribution in [0, 0.1) is 17.6 Å². The van der Waals surface area contributed by atoms with E-state index in [2.05, 4.69) is 20.0 Å². The number of aromatic nitrogens is 1. The number of allylic oxidation sites excluding steroid dienone is 1. The maximum Gasteiger partial charge on any atom is 0.335 e. The third-order valence-electron chi connectivity index (χ3n) is 6.43. The second-order valence-corrected chi connectivity index (χ2v) is 12.0. The van der Waals surface area contributed by atoms with Gasteiger partial charge in [-0.05, 0) is 37.7 Å². The first-order valence-corrected chi connectivity index (χ1v) is 14.3. The molecule has 1 aliphatic heterocycles. The van der Waals surface area contributed by atoms with Gasteiger partial charge in [0, 0.05) is 36.5 Å². The van der Waals surface area contributed by atoms with E-state index < -0.39 is 43.9 Å². The first-order chi connectivity index (χ1) is 17.6. The smallest absolute Gasteiger partial charge is 0.335 e. The summed E-state index contributed by atoms with van der Waals surface area (Å²) in [6.07, 6.45) is 2.96. The number of carbonyl (C=O) groups is 1. The molecule has 1 atom stereocenters.